The highest BCUT2D eigenvalue weighted by Gasteiger charge is 2.42. The van der Waals surface area contributed by atoms with E-state index < -0.39 is 11.5 Å². The van der Waals surface area contributed by atoms with Gasteiger partial charge in [0.2, 0.25) is 0 Å². The summed E-state index contributed by atoms with van der Waals surface area (Å²) in [4.78, 5) is 12.7. The number of carboxylic acid groups (broad SMARTS) is 1. The molecule has 0 heterocycles. The summed E-state index contributed by atoms with van der Waals surface area (Å²) in [7, 11) is 0. The lowest BCUT2D eigenvalue weighted by molar-refractivity contribution is -0.144. The van der Waals surface area contributed by atoms with Crippen LogP contribution in [0.1, 0.15) is 38.2 Å². The van der Waals surface area contributed by atoms with Crippen LogP contribution in [0.25, 0.3) is 0 Å². The molecule has 0 saturated heterocycles. The van der Waals surface area contributed by atoms with E-state index in [0.29, 0.717) is 30.0 Å². The van der Waals surface area contributed by atoms with E-state index in [2.05, 4.69) is 18.3 Å². The van der Waals surface area contributed by atoms with E-state index in [1.165, 1.54) is 11.8 Å². The Labute approximate surface area is 129 Å². The molecule has 1 aliphatic rings. The van der Waals surface area contributed by atoms with Gasteiger partial charge < -0.3 is 10.4 Å². The van der Waals surface area contributed by atoms with Gasteiger partial charge in [0.1, 0.15) is 11.6 Å². The number of anilines is 1. The van der Waals surface area contributed by atoms with Crippen molar-refractivity contribution in [2.75, 3.05) is 11.6 Å². The summed E-state index contributed by atoms with van der Waals surface area (Å²) in [6.07, 6.45) is 5.06. The number of nitrogens with zero attached hydrogens (tertiary/aromatic N) is 1. The van der Waals surface area contributed by atoms with Crippen LogP contribution in [0.15, 0.2) is 23.1 Å². The molecule has 4 nitrogen and oxygen atoms in total. The van der Waals surface area contributed by atoms with Crippen LogP contribution in [0.3, 0.4) is 0 Å². The van der Waals surface area contributed by atoms with E-state index in [1.54, 1.807) is 6.07 Å². The van der Waals surface area contributed by atoms with Gasteiger partial charge in [0, 0.05) is 4.90 Å². The van der Waals surface area contributed by atoms with Gasteiger partial charge in [0.05, 0.1) is 11.3 Å². The van der Waals surface area contributed by atoms with Crippen molar-refractivity contribution in [3.05, 3.63) is 23.8 Å². The molecule has 0 radical (unpaired) electrons. The Morgan fingerprint density at radius 1 is 1.57 bits per heavy atom. The minimum atomic E-state index is -0.958. The van der Waals surface area contributed by atoms with Gasteiger partial charge in [-0.15, -0.1) is 11.8 Å². The van der Waals surface area contributed by atoms with Crippen LogP contribution in [0, 0.1) is 17.2 Å². The van der Waals surface area contributed by atoms with Crippen LogP contribution in [-0.4, -0.2) is 22.9 Å². The molecule has 1 aliphatic carbocycles. The van der Waals surface area contributed by atoms with Crippen molar-refractivity contribution in [2.45, 2.75) is 43.0 Å². The van der Waals surface area contributed by atoms with E-state index in [1.807, 2.05) is 18.4 Å². The fourth-order valence-electron chi connectivity index (χ4n) is 3.09. The highest BCUT2D eigenvalue weighted by Crippen LogP contribution is 2.37. The Morgan fingerprint density at radius 2 is 2.33 bits per heavy atom. The molecule has 0 amide bonds. The number of hydrogen-bond acceptors (Lipinski definition) is 4. The van der Waals surface area contributed by atoms with Gasteiger partial charge >= 0.3 is 5.97 Å². The van der Waals surface area contributed by atoms with Crippen molar-refractivity contribution >= 4 is 23.4 Å². The van der Waals surface area contributed by atoms with E-state index in [4.69, 9.17) is 0 Å². The summed E-state index contributed by atoms with van der Waals surface area (Å²) in [6, 6.07) is 7.73. The molecule has 2 atom stereocenters. The molecule has 1 saturated carbocycles. The topological polar surface area (TPSA) is 73.1 Å². The van der Waals surface area contributed by atoms with Crippen molar-refractivity contribution in [1.29, 1.82) is 5.26 Å². The SMILES string of the molecule is CSc1cccc(NC2(C(=O)O)CCCC(C)C2)c1C#N. The summed E-state index contributed by atoms with van der Waals surface area (Å²) >= 11 is 1.49. The highest BCUT2D eigenvalue weighted by molar-refractivity contribution is 7.98. The molecule has 0 bridgehead atoms. The number of carbonyl (C=O) groups is 1. The first kappa shape index (κ1) is 15.7. The molecule has 1 aromatic carbocycles. The Bertz CT molecular complexity index is 582. The number of thioether (sulfide) groups is 1. The second-order valence-corrected chi connectivity index (χ2v) is 6.56. The first-order valence-corrected chi connectivity index (χ1v) is 8.33. The van der Waals surface area contributed by atoms with Crippen LogP contribution in [0.4, 0.5) is 5.69 Å². The average Bonchev–Trinajstić information content (AvgIpc) is 2.46. The highest BCUT2D eigenvalue weighted by atomic mass is 32.2. The van der Waals surface area contributed by atoms with Crippen LogP contribution < -0.4 is 5.32 Å². The predicted octanol–water partition coefficient (Wildman–Crippen LogP) is 3.73. The Hall–Kier alpha value is -1.67. The summed E-state index contributed by atoms with van der Waals surface area (Å²) in [5.74, 6) is -0.455. The van der Waals surface area contributed by atoms with Crippen LogP contribution in [0.2, 0.25) is 0 Å². The molecule has 112 valence electrons. The van der Waals surface area contributed by atoms with Crippen molar-refractivity contribution in [2.24, 2.45) is 5.92 Å². The van der Waals surface area contributed by atoms with Crippen LogP contribution in [-0.2, 0) is 4.79 Å². The summed E-state index contributed by atoms with van der Waals surface area (Å²) in [6.45, 7) is 2.09. The van der Waals surface area contributed by atoms with Crippen LogP contribution >= 0.6 is 11.8 Å². The summed E-state index contributed by atoms with van der Waals surface area (Å²) < 4.78 is 0. The smallest absolute Gasteiger partial charge is 0.329 e. The van der Waals surface area contributed by atoms with Gasteiger partial charge in [-0.25, -0.2) is 4.79 Å². The van der Waals surface area contributed by atoms with Gasteiger partial charge in [-0.1, -0.05) is 25.8 Å². The van der Waals surface area contributed by atoms with Crippen molar-refractivity contribution in [3.8, 4) is 6.07 Å². The monoisotopic (exact) mass is 304 g/mol. The van der Waals surface area contributed by atoms with Gasteiger partial charge in [0.25, 0.3) is 0 Å². The van der Waals surface area contributed by atoms with E-state index in [-0.39, 0.29) is 0 Å². The number of rotatable bonds is 4. The summed E-state index contributed by atoms with van der Waals surface area (Å²) in [5.41, 5.74) is 0.199. The number of aliphatic carboxylic acids is 1. The second kappa shape index (κ2) is 6.40. The van der Waals surface area contributed by atoms with Crippen molar-refractivity contribution in [1.82, 2.24) is 0 Å². The molecule has 21 heavy (non-hydrogen) atoms. The first-order chi connectivity index (χ1) is 10.0. The van der Waals surface area contributed by atoms with E-state index in [9.17, 15) is 15.2 Å². The van der Waals surface area contributed by atoms with Gasteiger partial charge in [-0.2, -0.15) is 5.26 Å². The molecule has 5 heteroatoms. The molecule has 0 spiro atoms. The number of nitriles is 1. The third-order valence-corrected chi connectivity index (χ3v) is 4.92. The summed E-state index contributed by atoms with van der Waals surface area (Å²) in [5, 5.41) is 22.3. The zero-order chi connectivity index (χ0) is 15.5. The lowest BCUT2D eigenvalue weighted by Gasteiger charge is -2.38. The van der Waals surface area contributed by atoms with Gasteiger partial charge in [0.15, 0.2) is 0 Å². The zero-order valence-electron chi connectivity index (χ0n) is 12.3. The number of benzene rings is 1. The zero-order valence-corrected chi connectivity index (χ0v) is 13.2. The molecule has 1 aromatic rings. The lowest BCUT2D eigenvalue weighted by atomic mass is 9.76. The fourth-order valence-corrected chi connectivity index (χ4v) is 3.67. The molecule has 2 unspecified atom stereocenters. The second-order valence-electron chi connectivity index (χ2n) is 5.71. The average molecular weight is 304 g/mol. The largest absolute Gasteiger partial charge is 0.480 e. The maximum atomic E-state index is 11.8. The fraction of sp³-hybridized carbons (Fsp3) is 0.500. The van der Waals surface area contributed by atoms with Crippen molar-refractivity contribution < 1.29 is 9.90 Å². The molecule has 0 aliphatic heterocycles. The maximum Gasteiger partial charge on any atom is 0.329 e. The van der Waals surface area contributed by atoms with Gasteiger partial charge in [-0.05, 0) is 37.1 Å². The Kier molecular flexibility index (Phi) is 4.79. The number of nitrogens with one attached hydrogen (secondary N) is 1. The lowest BCUT2D eigenvalue weighted by Crippen LogP contribution is -2.49. The molecule has 0 aromatic heterocycles. The molecule has 2 N–H and O–H groups in total. The minimum absolute atomic E-state index is 0.372. The van der Waals surface area contributed by atoms with E-state index >= 15 is 0 Å². The Morgan fingerprint density at radius 3 is 2.90 bits per heavy atom. The molecule has 1 fully saturated rings. The third-order valence-electron chi connectivity index (χ3n) is 4.14. The van der Waals surface area contributed by atoms with E-state index in [0.717, 1.165) is 17.7 Å². The molecule has 2 rings (SSSR count). The quantitative estimate of drug-likeness (QED) is 0.829. The first-order valence-electron chi connectivity index (χ1n) is 7.11. The number of hydrogen-bond donors (Lipinski definition) is 2. The number of carboxylic acids is 1. The van der Waals surface area contributed by atoms with Crippen LogP contribution in [0.5, 0.6) is 0 Å². The predicted molar refractivity (Wildman–Crippen MR) is 84.6 cm³/mol. The van der Waals surface area contributed by atoms with Crippen molar-refractivity contribution in [3.63, 3.8) is 0 Å². The normalized spacial score (nSPS) is 25.1. The standard InChI is InChI=1S/C16H20N2O2S/c1-11-5-4-8-16(9-11,15(19)20)18-13-6-3-7-14(21-2)12(13)10-17/h3,6-7,11,18H,4-5,8-9H2,1-2H3,(H,19,20). The molecular weight excluding hydrogens is 284 g/mol. The third kappa shape index (κ3) is 3.16. The van der Waals surface area contributed by atoms with Gasteiger partial charge in [-0.3, -0.25) is 0 Å². The molecular formula is C16H20N2O2S. The minimum Gasteiger partial charge on any atom is -0.480 e. The Balaban J connectivity index is 2.39. The maximum absolute atomic E-state index is 11.8.